The molecule has 1 nitrogen and oxygen atoms in total. The lowest BCUT2D eigenvalue weighted by Gasteiger charge is -2.12. The van der Waals surface area contributed by atoms with E-state index in [0.29, 0.717) is 0 Å². The quantitative estimate of drug-likeness (QED) is 0.270. The van der Waals surface area contributed by atoms with Crippen LogP contribution in [0.15, 0.2) is 97.1 Å². The molecule has 0 aliphatic rings. The molecule has 132 valence electrons. The van der Waals surface area contributed by atoms with E-state index in [2.05, 4.69) is 109 Å². The third-order valence-electron chi connectivity index (χ3n) is 5.80. The average Bonchev–Trinajstić information content (AvgIpc) is 3.10. The van der Waals surface area contributed by atoms with Gasteiger partial charge in [0.15, 0.2) is 0 Å². The van der Waals surface area contributed by atoms with Crippen molar-refractivity contribution in [2.24, 2.45) is 0 Å². The molecule has 1 heteroatoms. The van der Waals surface area contributed by atoms with Gasteiger partial charge in [0.1, 0.15) is 0 Å². The van der Waals surface area contributed by atoms with Crippen molar-refractivity contribution in [1.29, 1.82) is 0 Å². The van der Waals surface area contributed by atoms with Gasteiger partial charge in [0.25, 0.3) is 0 Å². The van der Waals surface area contributed by atoms with Gasteiger partial charge in [-0.2, -0.15) is 0 Å². The highest BCUT2D eigenvalue weighted by atomic mass is 15.0. The Bertz CT molecular complexity index is 1520. The van der Waals surface area contributed by atoms with Crippen molar-refractivity contribution in [3.63, 3.8) is 0 Å². The molecule has 0 radical (unpaired) electrons. The minimum atomic E-state index is 1.21. The van der Waals surface area contributed by atoms with Gasteiger partial charge < -0.3 is 4.57 Å². The monoisotopic (exact) mass is 357 g/mol. The van der Waals surface area contributed by atoms with Crippen LogP contribution in [0.4, 0.5) is 0 Å². The highest BCUT2D eigenvalue weighted by Gasteiger charge is 2.18. The van der Waals surface area contributed by atoms with Crippen LogP contribution in [0.2, 0.25) is 0 Å². The van der Waals surface area contributed by atoms with Crippen LogP contribution in [0.5, 0.6) is 0 Å². The van der Waals surface area contributed by atoms with E-state index in [9.17, 15) is 0 Å². The predicted octanol–water partition coefficient (Wildman–Crippen LogP) is 7.40. The molecule has 0 unspecified atom stereocenters. The fraction of sp³-hybridized carbons (Fsp3) is 0.0370. The summed E-state index contributed by atoms with van der Waals surface area (Å²) in [6.07, 6.45) is 0. The summed E-state index contributed by atoms with van der Waals surface area (Å²) in [7, 11) is 0. The molecule has 6 aromatic rings. The number of rotatable bonds is 1. The maximum atomic E-state index is 2.44. The number of hydrogen-bond acceptors (Lipinski definition) is 0. The Labute approximate surface area is 163 Å². The molecule has 0 fully saturated rings. The second kappa shape index (κ2) is 5.71. The van der Waals surface area contributed by atoms with Gasteiger partial charge in [-0.1, -0.05) is 78.9 Å². The first-order valence-electron chi connectivity index (χ1n) is 9.72. The van der Waals surface area contributed by atoms with E-state index in [-0.39, 0.29) is 0 Å². The van der Waals surface area contributed by atoms with Gasteiger partial charge >= 0.3 is 0 Å². The standard InChI is InChI=1S/C27H19N/c1-18-9-8-10-19(17-18)28-25-16-7-6-15-24(25)26-22-13-4-2-11-20(22)21-12-3-5-14-23(21)27(26)28/h2-17H,1H3. The summed E-state index contributed by atoms with van der Waals surface area (Å²) >= 11 is 0. The lowest BCUT2D eigenvalue weighted by molar-refractivity contribution is 1.18. The number of aryl methyl sites for hydroxylation is 1. The molecular formula is C27H19N. The first-order valence-corrected chi connectivity index (χ1v) is 9.72. The molecule has 1 heterocycles. The van der Waals surface area contributed by atoms with Crippen LogP contribution < -0.4 is 0 Å². The minimum absolute atomic E-state index is 1.21. The predicted molar refractivity (Wildman–Crippen MR) is 121 cm³/mol. The van der Waals surface area contributed by atoms with Crippen LogP contribution in [-0.2, 0) is 0 Å². The molecule has 0 aliphatic heterocycles. The zero-order valence-corrected chi connectivity index (χ0v) is 15.7. The minimum Gasteiger partial charge on any atom is -0.309 e. The molecule has 0 saturated heterocycles. The summed E-state index contributed by atoms with van der Waals surface area (Å²) in [5.74, 6) is 0. The fourth-order valence-electron chi connectivity index (χ4n) is 4.66. The Morgan fingerprint density at radius 1 is 0.536 bits per heavy atom. The molecule has 5 aromatic carbocycles. The smallest absolute Gasteiger partial charge is 0.0625 e. The topological polar surface area (TPSA) is 4.93 Å². The Hall–Kier alpha value is -3.58. The van der Waals surface area contributed by atoms with Crippen LogP contribution in [0.3, 0.4) is 0 Å². The Kier molecular flexibility index (Phi) is 3.15. The summed E-state index contributed by atoms with van der Waals surface area (Å²) in [6, 6.07) is 35.1. The van der Waals surface area contributed by atoms with Gasteiger partial charge in [-0.05, 0) is 46.8 Å². The van der Waals surface area contributed by atoms with Gasteiger partial charge in [0.2, 0.25) is 0 Å². The van der Waals surface area contributed by atoms with Gasteiger partial charge in [0.05, 0.1) is 11.0 Å². The van der Waals surface area contributed by atoms with Crippen LogP contribution in [0, 0.1) is 6.92 Å². The summed E-state index contributed by atoms with van der Waals surface area (Å²) in [5.41, 5.74) is 5.03. The Morgan fingerprint density at radius 2 is 1.14 bits per heavy atom. The molecule has 0 aliphatic carbocycles. The van der Waals surface area contributed by atoms with Crippen LogP contribution in [0.1, 0.15) is 5.56 Å². The van der Waals surface area contributed by atoms with Crippen LogP contribution in [-0.4, -0.2) is 4.57 Å². The highest BCUT2D eigenvalue weighted by Crippen LogP contribution is 2.42. The molecule has 0 spiro atoms. The highest BCUT2D eigenvalue weighted by molar-refractivity contribution is 6.32. The van der Waals surface area contributed by atoms with E-state index in [1.807, 2.05) is 0 Å². The summed E-state index contributed by atoms with van der Waals surface area (Å²) < 4.78 is 2.44. The van der Waals surface area contributed by atoms with Crippen molar-refractivity contribution in [3.05, 3.63) is 103 Å². The largest absolute Gasteiger partial charge is 0.309 e. The molecule has 1 aromatic heterocycles. The van der Waals surface area contributed by atoms with Crippen LogP contribution >= 0.6 is 0 Å². The normalized spacial score (nSPS) is 11.8. The maximum absolute atomic E-state index is 2.44. The van der Waals surface area contributed by atoms with E-state index in [0.717, 1.165) is 0 Å². The molecule has 0 bridgehead atoms. The van der Waals surface area contributed by atoms with Crippen molar-refractivity contribution in [3.8, 4) is 5.69 Å². The van der Waals surface area contributed by atoms with Crippen molar-refractivity contribution in [1.82, 2.24) is 4.57 Å². The zero-order valence-electron chi connectivity index (χ0n) is 15.7. The number of aromatic nitrogens is 1. The lowest BCUT2D eigenvalue weighted by Crippen LogP contribution is -1.95. The van der Waals surface area contributed by atoms with E-state index >= 15 is 0 Å². The molecule has 0 N–H and O–H groups in total. The number of hydrogen-bond donors (Lipinski definition) is 0. The second-order valence-corrected chi connectivity index (χ2v) is 7.51. The number of nitrogens with zero attached hydrogens (tertiary/aromatic N) is 1. The Balaban J connectivity index is 2.00. The first kappa shape index (κ1) is 15.5. The number of benzene rings is 5. The summed E-state index contributed by atoms with van der Waals surface area (Å²) in [4.78, 5) is 0. The van der Waals surface area contributed by atoms with E-state index < -0.39 is 0 Å². The molecular weight excluding hydrogens is 338 g/mol. The average molecular weight is 357 g/mol. The fourth-order valence-corrected chi connectivity index (χ4v) is 4.66. The van der Waals surface area contributed by atoms with Gasteiger partial charge in [0, 0.05) is 21.8 Å². The first-order chi connectivity index (χ1) is 13.8. The number of fused-ring (bicyclic) bond motifs is 8. The third kappa shape index (κ3) is 2.02. The Morgan fingerprint density at radius 3 is 1.89 bits per heavy atom. The van der Waals surface area contributed by atoms with E-state index in [1.165, 1.54) is 54.6 Å². The molecule has 0 amide bonds. The van der Waals surface area contributed by atoms with Crippen LogP contribution in [0.25, 0.3) is 49.0 Å². The van der Waals surface area contributed by atoms with Crippen molar-refractivity contribution < 1.29 is 0 Å². The number of para-hydroxylation sites is 1. The molecule has 0 atom stereocenters. The van der Waals surface area contributed by atoms with Gasteiger partial charge in [-0.3, -0.25) is 0 Å². The van der Waals surface area contributed by atoms with Gasteiger partial charge in [-0.15, -0.1) is 0 Å². The second-order valence-electron chi connectivity index (χ2n) is 7.51. The van der Waals surface area contributed by atoms with E-state index in [4.69, 9.17) is 0 Å². The summed E-state index contributed by atoms with van der Waals surface area (Å²) in [5, 5.41) is 7.89. The SMILES string of the molecule is Cc1cccc(-n2c3ccccc3c3c4ccccc4c4ccccc4c32)c1. The maximum Gasteiger partial charge on any atom is 0.0625 e. The summed E-state index contributed by atoms with van der Waals surface area (Å²) in [6.45, 7) is 2.16. The van der Waals surface area contributed by atoms with Crippen molar-refractivity contribution in [2.45, 2.75) is 6.92 Å². The third-order valence-corrected chi connectivity index (χ3v) is 5.80. The zero-order chi connectivity index (χ0) is 18.7. The lowest BCUT2D eigenvalue weighted by atomic mass is 9.97. The molecule has 6 rings (SSSR count). The van der Waals surface area contributed by atoms with Gasteiger partial charge in [-0.25, -0.2) is 0 Å². The molecule has 0 saturated carbocycles. The van der Waals surface area contributed by atoms with Crippen molar-refractivity contribution in [2.75, 3.05) is 0 Å². The molecule has 28 heavy (non-hydrogen) atoms. The van der Waals surface area contributed by atoms with E-state index in [1.54, 1.807) is 0 Å². The van der Waals surface area contributed by atoms with Crippen molar-refractivity contribution >= 4 is 43.4 Å².